The van der Waals surface area contributed by atoms with Gasteiger partial charge >= 0.3 is 12.3 Å². The fraction of sp³-hybridized carbons (Fsp3) is 0.750. The van der Waals surface area contributed by atoms with Crippen molar-refractivity contribution in [2.75, 3.05) is 6.61 Å². The van der Waals surface area contributed by atoms with Gasteiger partial charge in [0.15, 0.2) is 5.82 Å². The molecule has 1 aromatic heterocycles. The second-order valence-corrected chi connectivity index (χ2v) is 3.39. The number of halogens is 4. The SMILES string of the molecule is C[C@H](N)c1nc(COCC(F)(F)C(F)F)no1. The van der Waals surface area contributed by atoms with Gasteiger partial charge in [0.1, 0.15) is 13.2 Å². The molecule has 0 amide bonds. The van der Waals surface area contributed by atoms with Gasteiger partial charge in [0.2, 0.25) is 5.89 Å². The molecule has 1 aromatic rings. The van der Waals surface area contributed by atoms with Gasteiger partial charge in [-0.3, -0.25) is 0 Å². The summed E-state index contributed by atoms with van der Waals surface area (Å²) in [4.78, 5) is 3.71. The van der Waals surface area contributed by atoms with E-state index in [4.69, 9.17) is 5.73 Å². The largest absolute Gasteiger partial charge is 0.367 e. The van der Waals surface area contributed by atoms with Crippen LogP contribution in [0.1, 0.15) is 24.7 Å². The van der Waals surface area contributed by atoms with E-state index in [0.29, 0.717) is 0 Å². The number of hydrogen-bond donors (Lipinski definition) is 1. The molecule has 0 aromatic carbocycles. The minimum atomic E-state index is -4.19. The lowest BCUT2D eigenvalue weighted by molar-refractivity contribution is -0.168. The molecule has 9 heteroatoms. The maximum absolute atomic E-state index is 12.4. The lowest BCUT2D eigenvalue weighted by Crippen LogP contribution is -2.32. The van der Waals surface area contributed by atoms with Crippen LogP contribution in [0, 0.1) is 0 Å². The van der Waals surface area contributed by atoms with Crippen LogP contribution in [0.2, 0.25) is 0 Å². The molecule has 0 bridgehead atoms. The average molecular weight is 257 g/mol. The van der Waals surface area contributed by atoms with Gasteiger partial charge < -0.3 is 15.0 Å². The smallest absolute Gasteiger partial charge is 0.330 e. The summed E-state index contributed by atoms with van der Waals surface area (Å²) in [7, 11) is 0. The van der Waals surface area contributed by atoms with Gasteiger partial charge in [-0.2, -0.15) is 13.8 Å². The Labute approximate surface area is 93.9 Å². The van der Waals surface area contributed by atoms with Crippen molar-refractivity contribution in [1.29, 1.82) is 0 Å². The van der Waals surface area contributed by atoms with E-state index in [-0.39, 0.29) is 11.7 Å². The standard InChI is InChI=1S/C8H11F4N3O2/c1-4(13)6-14-5(15-17-6)2-16-3-8(11,12)7(9)10/h4,7H,2-3,13H2,1H3/t4-/m0/s1. The van der Waals surface area contributed by atoms with Crippen molar-refractivity contribution in [3.05, 3.63) is 11.7 Å². The molecule has 98 valence electrons. The van der Waals surface area contributed by atoms with Crippen LogP contribution >= 0.6 is 0 Å². The van der Waals surface area contributed by atoms with Crippen molar-refractivity contribution in [1.82, 2.24) is 10.1 Å². The molecule has 0 aliphatic rings. The van der Waals surface area contributed by atoms with Crippen LogP contribution < -0.4 is 5.73 Å². The summed E-state index contributed by atoms with van der Waals surface area (Å²) >= 11 is 0. The number of nitrogens with two attached hydrogens (primary N) is 1. The lowest BCUT2D eigenvalue weighted by atomic mass is 10.4. The summed E-state index contributed by atoms with van der Waals surface area (Å²) in [5, 5.41) is 3.38. The summed E-state index contributed by atoms with van der Waals surface area (Å²) in [5.41, 5.74) is 5.41. The monoisotopic (exact) mass is 257 g/mol. The third-order valence-corrected chi connectivity index (χ3v) is 1.72. The van der Waals surface area contributed by atoms with Crippen LogP contribution in [0.3, 0.4) is 0 Å². The predicted octanol–water partition coefficient (Wildman–Crippen LogP) is 1.51. The molecule has 0 aliphatic carbocycles. The maximum atomic E-state index is 12.4. The van der Waals surface area contributed by atoms with Gasteiger partial charge in [0, 0.05) is 0 Å². The Bertz CT molecular complexity index is 356. The summed E-state index contributed by atoms with van der Waals surface area (Å²) in [5.74, 6) is -4.10. The average Bonchev–Trinajstić information content (AvgIpc) is 2.66. The number of ether oxygens (including phenoxy) is 1. The highest BCUT2D eigenvalue weighted by Gasteiger charge is 2.41. The second kappa shape index (κ2) is 5.41. The molecule has 17 heavy (non-hydrogen) atoms. The van der Waals surface area contributed by atoms with Gasteiger partial charge in [0.25, 0.3) is 0 Å². The van der Waals surface area contributed by atoms with Crippen LogP contribution in [-0.4, -0.2) is 29.1 Å². The Morgan fingerprint density at radius 1 is 1.47 bits per heavy atom. The van der Waals surface area contributed by atoms with Crippen molar-refractivity contribution in [3.8, 4) is 0 Å². The number of nitrogens with zero attached hydrogens (tertiary/aromatic N) is 2. The van der Waals surface area contributed by atoms with E-state index in [9.17, 15) is 17.6 Å². The summed E-state index contributed by atoms with van der Waals surface area (Å²) in [6.07, 6.45) is -3.77. The number of rotatable bonds is 6. The highest BCUT2D eigenvalue weighted by atomic mass is 19.3. The van der Waals surface area contributed by atoms with Crippen LogP contribution in [0.15, 0.2) is 4.52 Å². The number of alkyl halides is 4. The lowest BCUT2D eigenvalue weighted by Gasteiger charge is -2.14. The Morgan fingerprint density at radius 3 is 2.59 bits per heavy atom. The van der Waals surface area contributed by atoms with Gasteiger partial charge in [0.05, 0.1) is 6.04 Å². The molecular weight excluding hydrogens is 246 g/mol. The van der Waals surface area contributed by atoms with Crippen molar-refractivity contribution in [2.24, 2.45) is 5.73 Å². The van der Waals surface area contributed by atoms with E-state index in [1.807, 2.05) is 0 Å². The highest BCUT2D eigenvalue weighted by Crippen LogP contribution is 2.23. The van der Waals surface area contributed by atoms with E-state index in [1.165, 1.54) is 0 Å². The molecule has 0 fully saturated rings. The van der Waals surface area contributed by atoms with E-state index < -0.39 is 31.6 Å². The van der Waals surface area contributed by atoms with E-state index >= 15 is 0 Å². The second-order valence-electron chi connectivity index (χ2n) is 3.39. The fourth-order valence-corrected chi connectivity index (χ4v) is 0.852. The molecule has 0 saturated carbocycles. The summed E-state index contributed by atoms with van der Waals surface area (Å²) in [6.45, 7) is -0.269. The molecular formula is C8H11F4N3O2. The topological polar surface area (TPSA) is 74.2 Å². The Hall–Kier alpha value is -1.22. The number of aromatic nitrogens is 2. The van der Waals surface area contributed by atoms with Crippen molar-refractivity contribution < 1.29 is 26.8 Å². The molecule has 2 N–H and O–H groups in total. The normalized spacial score (nSPS) is 14.3. The van der Waals surface area contributed by atoms with Crippen molar-refractivity contribution >= 4 is 0 Å². The van der Waals surface area contributed by atoms with Gasteiger partial charge in [-0.05, 0) is 6.92 Å². The fourth-order valence-electron chi connectivity index (χ4n) is 0.852. The first-order valence-electron chi connectivity index (χ1n) is 4.64. The molecule has 5 nitrogen and oxygen atoms in total. The third-order valence-electron chi connectivity index (χ3n) is 1.72. The van der Waals surface area contributed by atoms with Gasteiger partial charge in [-0.1, -0.05) is 5.16 Å². The minimum Gasteiger partial charge on any atom is -0.367 e. The molecule has 0 aliphatic heterocycles. The minimum absolute atomic E-state index is 0.0256. The molecule has 1 atom stereocenters. The van der Waals surface area contributed by atoms with Gasteiger partial charge in [-0.15, -0.1) is 0 Å². The quantitative estimate of drug-likeness (QED) is 0.782. The molecule has 0 spiro atoms. The molecule has 0 saturated heterocycles. The van der Waals surface area contributed by atoms with E-state index in [0.717, 1.165) is 0 Å². The zero-order chi connectivity index (χ0) is 13.1. The zero-order valence-corrected chi connectivity index (χ0v) is 8.87. The predicted molar refractivity (Wildman–Crippen MR) is 47.5 cm³/mol. The first-order chi connectivity index (χ1) is 7.83. The molecule has 0 radical (unpaired) electrons. The van der Waals surface area contributed by atoms with Crippen LogP contribution in [0.5, 0.6) is 0 Å². The van der Waals surface area contributed by atoms with Crippen LogP contribution in [-0.2, 0) is 11.3 Å². The molecule has 1 rings (SSSR count). The first-order valence-corrected chi connectivity index (χ1v) is 4.64. The maximum Gasteiger partial charge on any atom is 0.330 e. The van der Waals surface area contributed by atoms with E-state index in [2.05, 4.69) is 19.4 Å². The van der Waals surface area contributed by atoms with Gasteiger partial charge in [-0.25, -0.2) is 8.78 Å². The Kier molecular flexibility index (Phi) is 4.40. The third kappa shape index (κ3) is 3.93. The van der Waals surface area contributed by atoms with E-state index in [1.54, 1.807) is 6.92 Å². The molecule has 1 heterocycles. The Morgan fingerprint density at radius 2 is 2.12 bits per heavy atom. The van der Waals surface area contributed by atoms with Crippen LogP contribution in [0.25, 0.3) is 0 Å². The summed E-state index contributed by atoms with van der Waals surface area (Å²) < 4.78 is 57.4. The van der Waals surface area contributed by atoms with Crippen molar-refractivity contribution in [2.45, 2.75) is 31.9 Å². The first kappa shape index (κ1) is 13.8. The van der Waals surface area contributed by atoms with Crippen LogP contribution in [0.4, 0.5) is 17.6 Å². The summed E-state index contributed by atoms with van der Waals surface area (Å²) in [6, 6.07) is -0.501. The Balaban J connectivity index is 2.41. The van der Waals surface area contributed by atoms with Crippen molar-refractivity contribution in [3.63, 3.8) is 0 Å². The molecule has 0 unspecified atom stereocenters. The highest BCUT2D eigenvalue weighted by molar-refractivity contribution is 4.88. The number of hydrogen-bond acceptors (Lipinski definition) is 5. The zero-order valence-electron chi connectivity index (χ0n) is 8.87.